The van der Waals surface area contributed by atoms with E-state index in [0.29, 0.717) is 11.8 Å². The third-order valence-corrected chi connectivity index (χ3v) is 5.14. The lowest BCUT2D eigenvalue weighted by Gasteiger charge is -2.22. The standard InChI is InChI=1S/C16H22N2O.ClH/c1-16(2)12-9-18(10-13(12)16)15(19)8-7-11-5-3-4-6-14(11)17;/h3-6,12-13H,7-10,17H2,1-2H3;1H. The highest BCUT2D eigenvalue weighted by molar-refractivity contribution is 5.85. The van der Waals surface area contributed by atoms with Gasteiger partial charge in [-0.3, -0.25) is 4.79 Å². The molecule has 2 atom stereocenters. The summed E-state index contributed by atoms with van der Waals surface area (Å²) in [6.07, 6.45) is 1.33. The van der Waals surface area contributed by atoms with Crippen molar-refractivity contribution in [2.75, 3.05) is 18.8 Å². The van der Waals surface area contributed by atoms with Gasteiger partial charge in [-0.05, 0) is 35.3 Å². The van der Waals surface area contributed by atoms with Crippen LogP contribution in [0, 0.1) is 17.3 Å². The van der Waals surface area contributed by atoms with E-state index in [1.807, 2.05) is 29.2 Å². The Morgan fingerprint density at radius 2 is 1.90 bits per heavy atom. The summed E-state index contributed by atoms with van der Waals surface area (Å²) in [6, 6.07) is 7.81. The van der Waals surface area contributed by atoms with Gasteiger partial charge in [-0.25, -0.2) is 0 Å². The lowest BCUT2D eigenvalue weighted by molar-refractivity contribution is -0.130. The molecule has 20 heavy (non-hydrogen) atoms. The number of aryl methyl sites for hydroxylation is 1. The van der Waals surface area contributed by atoms with Gasteiger partial charge in [0, 0.05) is 25.2 Å². The summed E-state index contributed by atoms with van der Waals surface area (Å²) in [5, 5.41) is 0. The molecule has 2 fully saturated rings. The zero-order valence-electron chi connectivity index (χ0n) is 12.1. The van der Waals surface area contributed by atoms with Crippen molar-refractivity contribution in [1.29, 1.82) is 0 Å². The lowest BCUT2D eigenvalue weighted by Crippen LogP contribution is -2.33. The molecule has 1 saturated carbocycles. The highest BCUT2D eigenvalue weighted by Gasteiger charge is 2.62. The van der Waals surface area contributed by atoms with Crippen molar-refractivity contribution >= 4 is 24.0 Å². The van der Waals surface area contributed by atoms with E-state index >= 15 is 0 Å². The number of likely N-dealkylation sites (tertiary alicyclic amines) is 1. The summed E-state index contributed by atoms with van der Waals surface area (Å²) in [6.45, 7) is 6.55. The molecule has 3 rings (SSSR count). The summed E-state index contributed by atoms with van der Waals surface area (Å²) in [5.41, 5.74) is 8.25. The second-order valence-electron chi connectivity index (χ2n) is 6.53. The Bertz CT molecular complexity index is 501. The van der Waals surface area contributed by atoms with Crippen LogP contribution in [0.3, 0.4) is 0 Å². The normalized spacial score (nSPS) is 25.8. The van der Waals surface area contributed by atoms with Gasteiger partial charge in [0.15, 0.2) is 0 Å². The maximum Gasteiger partial charge on any atom is 0.222 e. The summed E-state index contributed by atoms with van der Waals surface area (Å²) in [4.78, 5) is 14.2. The molecule has 0 aromatic heterocycles. The van der Waals surface area contributed by atoms with E-state index in [1.54, 1.807) is 0 Å². The number of nitrogen functional groups attached to an aromatic ring is 1. The van der Waals surface area contributed by atoms with E-state index in [1.165, 1.54) is 0 Å². The summed E-state index contributed by atoms with van der Waals surface area (Å²) >= 11 is 0. The van der Waals surface area contributed by atoms with Crippen LogP contribution in [0.2, 0.25) is 0 Å². The van der Waals surface area contributed by atoms with Gasteiger partial charge in [0.05, 0.1) is 0 Å². The molecule has 0 spiro atoms. The molecule has 0 radical (unpaired) electrons. The molecule has 2 N–H and O–H groups in total. The minimum Gasteiger partial charge on any atom is -0.399 e. The topological polar surface area (TPSA) is 46.3 Å². The van der Waals surface area contributed by atoms with Crippen molar-refractivity contribution in [3.05, 3.63) is 29.8 Å². The number of anilines is 1. The fourth-order valence-corrected chi connectivity index (χ4v) is 3.50. The minimum absolute atomic E-state index is 0. The van der Waals surface area contributed by atoms with Crippen LogP contribution in [0.25, 0.3) is 0 Å². The number of fused-ring (bicyclic) bond motifs is 1. The number of nitrogens with two attached hydrogens (primary N) is 1. The van der Waals surface area contributed by atoms with Gasteiger partial charge < -0.3 is 10.6 Å². The van der Waals surface area contributed by atoms with E-state index in [4.69, 9.17) is 5.73 Å². The molecule has 0 bridgehead atoms. The van der Waals surface area contributed by atoms with Crippen molar-refractivity contribution in [2.24, 2.45) is 17.3 Å². The van der Waals surface area contributed by atoms with Crippen LogP contribution in [0.5, 0.6) is 0 Å². The number of carbonyl (C=O) groups excluding carboxylic acids is 1. The van der Waals surface area contributed by atoms with Crippen LogP contribution >= 0.6 is 12.4 Å². The first-order chi connectivity index (χ1) is 9.00. The molecular formula is C16H23ClN2O. The molecule has 4 heteroatoms. The minimum atomic E-state index is 0. The predicted octanol–water partition coefficient (Wildman–Crippen LogP) is 2.74. The van der Waals surface area contributed by atoms with Crippen molar-refractivity contribution in [2.45, 2.75) is 26.7 Å². The van der Waals surface area contributed by atoms with Crippen LogP contribution in [-0.2, 0) is 11.2 Å². The van der Waals surface area contributed by atoms with Gasteiger partial charge in [-0.15, -0.1) is 12.4 Å². The highest BCUT2D eigenvalue weighted by atomic mass is 35.5. The van der Waals surface area contributed by atoms with Gasteiger partial charge in [-0.1, -0.05) is 32.0 Å². The van der Waals surface area contributed by atoms with Gasteiger partial charge in [0.25, 0.3) is 0 Å². The van der Waals surface area contributed by atoms with Gasteiger partial charge in [-0.2, -0.15) is 0 Å². The number of piperidine rings is 1. The molecule has 1 aliphatic carbocycles. The molecule has 1 saturated heterocycles. The zero-order valence-corrected chi connectivity index (χ0v) is 13.0. The molecule has 3 nitrogen and oxygen atoms in total. The average molecular weight is 295 g/mol. The molecule has 1 aromatic rings. The number of benzene rings is 1. The first-order valence-electron chi connectivity index (χ1n) is 7.11. The second kappa shape index (κ2) is 5.28. The first kappa shape index (κ1) is 15.2. The number of halogens is 1. The summed E-state index contributed by atoms with van der Waals surface area (Å²) in [5.74, 6) is 1.75. The van der Waals surface area contributed by atoms with Crippen LogP contribution in [0.4, 0.5) is 5.69 Å². The number of para-hydroxylation sites is 1. The molecular weight excluding hydrogens is 272 g/mol. The van der Waals surface area contributed by atoms with Crippen molar-refractivity contribution in [3.63, 3.8) is 0 Å². The number of nitrogens with zero attached hydrogens (tertiary/aromatic N) is 1. The fraction of sp³-hybridized carbons (Fsp3) is 0.562. The smallest absolute Gasteiger partial charge is 0.222 e. The molecule has 1 heterocycles. The summed E-state index contributed by atoms with van der Waals surface area (Å²) in [7, 11) is 0. The average Bonchev–Trinajstić information content (AvgIpc) is 2.79. The van der Waals surface area contributed by atoms with Crippen LogP contribution in [-0.4, -0.2) is 23.9 Å². The van der Waals surface area contributed by atoms with Crippen molar-refractivity contribution in [3.8, 4) is 0 Å². The molecule has 110 valence electrons. The Morgan fingerprint density at radius 3 is 2.50 bits per heavy atom. The maximum atomic E-state index is 12.2. The number of amides is 1. The highest BCUT2D eigenvalue weighted by Crippen LogP contribution is 2.61. The Morgan fingerprint density at radius 1 is 1.30 bits per heavy atom. The van der Waals surface area contributed by atoms with E-state index in [0.717, 1.165) is 42.6 Å². The van der Waals surface area contributed by atoms with E-state index < -0.39 is 0 Å². The van der Waals surface area contributed by atoms with Crippen molar-refractivity contribution < 1.29 is 4.79 Å². The van der Waals surface area contributed by atoms with Crippen molar-refractivity contribution in [1.82, 2.24) is 4.90 Å². The van der Waals surface area contributed by atoms with Gasteiger partial charge in [0.2, 0.25) is 5.91 Å². The Hall–Kier alpha value is -1.22. The lowest BCUT2D eigenvalue weighted by atomic mass is 10.0. The van der Waals surface area contributed by atoms with Gasteiger partial charge >= 0.3 is 0 Å². The number of carbonyl (C=O) groups is 1. The molecule has 2 unspecified atom stereocenters. The van der Waals surface area contributed by atoms with E-state index in [-0.39, 0.29) is 18.3 Å². The number of rotatable bonds is 3. The van der Waals surface area contributed by atoms with Crippen LogP contribution in [0.1, 0.15) is 25.8 Å². The first-order valence-corrected chi connectivity index (χ1v) is 7.11. The number of hydrogen-bond donors (Lipinski definition) is 1. The third-order valence-electron chi connectivity index (χ3n) is 5.14. The molecule has 1 aromatic carbocycles. The SMILES string of the molecule is CC1(C)C2CN(C(=O)CCc3ccccc3N)CC21.Cl. The third kappa shape index (κ3) is 2.51. The predicted molar refractivity (Wildman–Crippen MR) is 83.8 cm³/mol. The van der Waals surface area contributed by atoms with E-state index in [2.05, 4.69) is 13.8 Å². The maximum absolute atomic E-state index is 12.2. The molecule has 2 aliphatic rings. The number of hydrogen-bond acceptors (Lipinski definition) is 2. The van der Waals surface area contributed by atoms with Crippen LogP contribution < -0.4 is 5.73 Å². The van der Waals surface area contributed by atoms with Crippen LogP contribution in [0.15, 0.2) is 24.3 Å². The molecule has 1 aliphatic heterocycles. The second-order valence-corrected chi connectivity index (χ2v) is 6.53. The van der Waals surface area contributed by atoms with Gasteiger partial charge in [0.1, 0.15) is 0 Å². The fourth-order valence-electron chi connectivity index (χ4n) is 3.50. The Labute approximate surface area is 126 Å². The molecule has 1 amide bonds. The Balaban J connectivity index is 0.00000147. The largest absolute Gasteiger partial charge is 0.399 e. The summed E-state index contributed by atoms with van der Waals surface area (Å²) < 4.78 is 0. The Kier molecular flexibility index (Phi) is 4.01. The monoisotopic (exact) mass is 294 g/mol. The zero-order chi connectivity index (χ0) is 13.6. The van der Waals surface area contributed by atoms with E-state index in [9.17, 15) is 4.79 Å². The quantitative estimate of drug-likeness (QED) is 0.871.